The van der Waals surface area contributed by atoms with Crippen LogP contribution in [0.2, 0.25) is 0 Å². The van der Waals surface area contributed by atoms with Gasteiger partial charge in [0.05, 0.1) is 0 Å². The zero-order valence-corrected chi connectivity index (χ0v) is 11.3. The second kappa shape index (κ2) is 4.41. The molecule has 2 aliphatic rings. The monoisotopic (exact) mass is 256 g/mol. The van der Waals surface area contributed by atoms with Gasteiger partial charge in [-0.25, -0.2) is 0 Å². The predicted octanol–water partition coefficient (Wildman–Crippen LogP) is 2.53. The average molecular weight is 256 g/mol. The minimum atomic E-state index is -0.393. The number of carbonyl (C=O) groups is 1. The number of carbonyl (C=O) groups excluding carboxylic acids is 1. The zero-order valence-electron chi connectivity index (χ0n) is 11.3. The van der Waals surface area contributed by atoms with E-state index < -0.39 is 5.91 Å². The summed E-state index contributed by atoms with van der Waals surface area (Å²) in [4.78, 5) is 11.2. The summed E-state index contributed by atoms with van der Waals surface area (Å²) in [5.41, 5.74) is 8.75. The highest BCUT2D eigenvalue weighted by atomic mass is 16.1. The van der Waals surface area contributed by atoms with Gasteiger partial charge in [-0.05, 0) is 25.3 Å². The van der Waals surface area contributed by atoms with Crippen molar-refractivity contribution in [3.8, 4) is 0 Å². The first-order valence-corrected chi connectivity index (χ1v) is 6.99. The van der Waals surface area contributed by atoms with E-state index in [0.717, 1.165) is 17.7 Å². The minimum absolute atomic E-state index is 0.0495. The van der Waals surface area contributed by atoms with E-state index in [1.807, 2.05) is 6.07 Å². The Balaban J connectivity index is 2.14. The Kier molecular flexibility index (Phi) is 2.85. The number of nitrogens with one attached hydrogen (secondary N) is 1. The Morgan fingerprint density at radius 2 is 2.21 bits per heavy atom. The largest absolute Gasteiger partial charge is 0.379 e. The van der Waals surface area contributed by atoms with E-state index in [9.17, 15) is 4.79 Å². The van der Waals surface area contributed by atoms with Gasteiger partial charge in [0, 0.05) is 28.8 Å². The van der Waals surface area contributed by atoms with Gasteiger partial charge < -0.3 is 11.1 Å². The van der Waals surface area contributed by atoms with Crippen LogP contribution in [0.5, 0.6) is 0 Å². The van der Waals surface area contributed by atoms with Crippen molar-refractivity contribution in [2.24, 2.45) is 5.73 Å². The van der Waals surface area contributed by atoms with Crippen LogP contribution in [-0.2, 0) is 4.79 Å². The number of amides is 1. The number of nitrogens with two attached hydrogens (primary N) is 1. The lowest BCUT2D eigenvalue weighted by Crippen LogP contribution is -2.51. The number of fused-ring (bicyclic) bond motifs is 3. The molecule has 100 valence electrons. The highest BCUT2D eigenvalue weighted by Gasteiger charge is 2.42. The Morgan fingerprint density at radius 3 is 3.00 bits per heavy atom. The Bertz CT molecular complexity index is 549. The molecule has 19 heavy (non-hydrogen) atoms. The molecule has 1 aliphatic heterocycles. The fourth-order valence-corrected chi connectivity index (χ4v) is 3.66. The van der Waals surface area contributed by atoms with Gasteiger partial charge >= 0.3 is 0 Å². The highest BCUT2D eigenvalue weighted by molar-refractivity contribution is 5.94. The molecule has 3 rings (SSSR count). The Labute approximate surface area is 113 Å². The van der Waals surface area contributed by atoms with Crippen molar-refractivity contribution >= 4 is 11.6 Å². The molecule has 3 nitrogen and oxygen atoms in total. The van der Waals surface area contributed by atoms with E-state index in [2.05, 4.69) is 30.4 Å². The van der Waals surface area contributed by atoms with Gasteiger partial charge in [-0.3, -0.25) is 4.79 Å². The molecule has 1 aromatic rings. The fourth-order valence-electron chi connectivity index (χ4n) is 3.66. The first kappa shape index (κ1) is 12.3. The minimum Gasteiger partial charge on any atom is -0.379 e. The van der Waals surface area contributed by atoms with Crippen molar-refractivity contribution in [2.75, 3.05) is 0 Å². The summed E-state index contributed by atoms with van der Waals surface area (Å²) >= 11 is 0. The van der Waals surface area contributed by atoms with Gasteiger partial charge in [0.2, 0.25) is 5.91 Å². The van der Waals surface area contributed by atoms with Crippen LogP contribution in [0.1, 0.15) is 49.7 Å². The van der Waals surface area contributed by atoms with Crippen molar-refractivity contribution in [1.29, 1.82) is 0 Å². The second-order valence-corrected chi connectivity index (χ2v) is 5.89. The van der Waals surface area contributed by atoms with Crippen LogP contribution in [0.25, 0.3) is 5.70 Å². The lowest BCUT2D eigenvalue weighted by atomic mass is 9.67. The molecule has 2 unspecified atom stereocenters. The summed E-state index contributed by atoms with van der Waals surface area (Å²) in [5.74, 6) is 0.137. The molecule has 3 heteroatoms. The molecular formula is C16H20N2O. The fraction of sp³-hybridized carbons (Fsp3) is 0.438. The first-order chi connectivity index (χ1) is 9.10. The number of hydrogen-bond donors (Lipinski definition) is 2. The maximum absolute atomic E-state index is 11.2. The SMILES string of the molecule is CC12CCCCC1c1ccccc1/C(=C/C(N)=O)N2. The van der Waals surface area contributed by atoms with Crippen molar-refractivity contribution in [3.63, 3.8) is 0 Å². The van der Waals surface area contributed by atoms with E-state index in [1.54, 1.807) is 0 Å². The van der Waals surface area contributed by atoms with Crippen LogP contribution >= 0.6 is 0 Å². The molecule has 3 N–H and O–H groups in total. The van der Waals surface area contributed by atoms with Crippen molar-refractivity contribution < 1.29 is 4.79 Å². The maximum Gasteiger partial charge on any atom is 0.243 e. The van der Waals surface area contributed by atoms with Crippen LogP contribution in [0.3, 0.4) is 0 Å². The number of rotatable bonds is 1. The van der Waals surface area contributed by atoms with Crippen LogP contribution in [0.4, 0.5) is 0 Å². The second-order valence-electron chi connectivity index (χ2n) is 5.89. The molecule has 0 saturated heterocycles. The van der Waals surface area contributed by atoms with Gasteiger partial charge in [0.25, 0.3) is 0 Å². The smallest absolute Gasteiger partial charge is 0.243 e. The van der Waals surface area contributed by atoms with Crippen molar-refractivity contribution in [2.45, 2.75) is 44.1 Å². The van der Waals surface area contributed by atoms with Crippen LogP contribution in [0, 0.1) is 0 Å². The summed E-state index contributed by atoms with van der Waals surface area (Å²) < 4.78 is 0. The molecule has 1 heterocycles. The van der Waals surface area contributed by atoms with E-state index in [4.69, 9.17) is 5.73 Å². The number of primary amides is 1. The third-order valence-corrected chi connectivity index (χ3v) is 4.54. The topological polar surface area (TPSA) is 55.1 Å². The molecule has 0 spiro atoms. The summed E-state index contributed by atoms with van der Waals surface area (Å²) in [6.45, 7) is 2.27. The molecular weight excluding hydrogens is 236 g/mol. The Morgan fingerprint density at radius 1 is 1.42 bits per heavy atom. The highest BCUT2D eigenvalue weighted by Crippen LogP contribution is 2.47. The third-order valence-electron chi connectivity index (χ3n) is 4.54. The maximum atomic E-state index is 11.2. The summed E-state index contributed by atoms with van der Waals surface area (Å²) in [5, 5.41) is 3.58. The molecule has 1 aromatic carbocycles. The molecule has 0 bridgehead atoms. The van der Waals surface area contributed by atoms with Gasteiger partial charge in [0.1, 0.15) is 0 Å². The van der Waals surface area contributed by atoms with Gasteiger partial charge in [-0.1, -0.05) is 37.1 Å². The van der Waals surface area contributed by atoms with E-state index in [0.29, 0.717) is 5.92 Å². The number of benzene rings is 1. The number of hydrogen-bond acceptors (Lipinski definition) is 2. The van der Waals surface area contributed by atoms with Crippen LogP contribution in [-0.4, -0.2) is 11.4 Å². The molecule has 1 fully saturated rings. The Hall–Kier alpha value is -1.77. The van der Waals surface area contributed by atoms with Crippen molar-refractivity contribution in [1.82, 2.24) is 5.32 Å². The third kappa shape index (κ3) is 2.03. The molecule has 0 radical (unpaired) electrons. The zero-order chi connectivity index (χ0) is 13.5. The average Bonchev–Trinajstić information content (AvgIpc) is 2.37. The molecule has 0 aromatic heterocycles. The predicted molar refractivity (Wildman–Crippen MR) is 76.4 cm³/mol. The standard InChI is InChI=1S/C16H20N2O/c1-16-9-5-4-8-13(16)11-6-2-3-7-12(11)14(18-16)10-15(17)19/h2-3,6-7,10,13,18H,4-5,8-9H2,1H3,(H2,17,19)/b14-10-. The quantitative estimate of drug-likeness (QED) is 0.759. The molecule has 1 saturated carbocycles. The van der Waals surface area contributed by atoms with Crippen LogP contribution in [0.15, 0.2) is 30.3 Å². The lowest BCUT2D eigenvalue weighted by Gasteiger charge is -2.48. The summed E-state index contributed by atoms with van der Waals surface area (Å²) in [7, 11) is 0. The lowest BCUT2D eigenvalue weighted by molar-refractivity contribution is -0.113. The van der Waals surface area contributed by atoms with E-state index >= 15 is 0 Å². The molecule has 2 atom stereocenters. The summed E-state index contributed by atoms with van der Waals surface area (Å²) in [6, 6.07) is 8.37. The van der Waals surface area contributed by atoms with E-state index in [1.165, 1.54) is 30.9 Å². The first-order valence-electron chi connectivity index (χ1n) is 6.99. The van der Waals surface area contributed by atoms with Gasteiger partial charge in [0.15, 0.2) is 0 Å². The van der Waals surface area contributed by atoms with Crippen molar-refractivity contribution in [3.05, 3.63) is 41.5 Å². The van der Waals surface area contributed by atoms with Gasteiger partial charge in [-0.2, -0.15) is 0 Å². The normalized spacial score (nSPS) is 31.2. The summed E-state index contributed by atoms with van der Waals surface area (Å²) in [6.07, 6.45) is 6.40. The van der Waals surface area contributed by atoms with Gasteiger partial charge in [-0.15, -0.1) is 0 Å². The molecule has 1 aliphatic carbocycles. The van der Waals surface area contributed by atoms with Crippen LogP contribution < -0.4 is 11.1 Å². The molecule has 1 amide bonds. The van der Waals surface area contributed by atoms with E-state index in [-0.39, 0.29) is 5.54 Å².